The molecule has 29 heavy (non-hydrogen) atoms. The summed E-state index contributed by atoms with van der Waals surface area (Å²) in [6, 6.07) is 3.86. The van der Waals surface area contributed by atoms with Crippen LogP contribution >= 0.6 is 0 Å². The van der Waals surface area contributed by atoms with E-state index in [4.69, 9.17) is 0 Å². The average molecular weight is 407 g/mol. The fourth-order valence-corrected chi connectivity index (χ4v) is 3.20. The Morgan fingerprint density at radius 3 is 2.41 bits per heavy atom. The lowest BCUT2D eigenvalue weighted by atomic mass is 9.93. The van der Waals surface area contributed by atoms with Crippen LogP contribution in [-0.2, 0) is 4.79 Å². The zero-order chi connectivity index (χ0) is 21.3. The molecule has 9 heteroatoms. The monoisotopic (exact) mass is 407 g/mol. The van der Waals surface area contributed by atoms with Crippen molar-refractivity contribution in [1.82, 2.24) is 10.2 Å². The zero-order valence-electron chi connectivity index (χ0n) is 15.5. The van der Waals surface area contributed by atoms with Crippen molar-refractivity contribution in [2.45, 2.75) is 19.9 Å². The molecule has 1 aliphatic heterocycles. The highest BCUT2D eigenvalue weighted by Crippen LogP contribution is 2.33. The van der Waals surface area contributed by atoms with Gasteiger partial charge < -0.3 is 10.6 Å². The summed E-state index contributed by atoms with van der Waals surface area (Å²) in [5, 5.41) is 4.96. The van der Waals surface area contributed by atoms with E-state index in [-0.39, 0.29) is 29.1 Å². The Bertz CT molecular complexity index is 1020. The molecular formula is C20H17F4N3O2. The van der Waals surface area contributed by atoms with E-state index in [0.29, 0.717) is 6.07 Å². The topological polar surface area (TPSA) is 61.4 Å². The van der Waals surface area contributed by atoms with Crippen LogP contribution in [0.4, 0.5) is 28.0 Å². The number of allylic oxidation sites excluding steroid dienone is 1. The number of hydrogen-bond acceptors (Lipinski definition) is 2. The highest BCUT2D eigenvalue weighted by molar-refractivity contribution is 6.06. The second-order valence-electron chi connectivity index (χ2n) is 6.37. The molecule has 0 saturated heterocycles. The van der Waals surface area contributed by atoms with Gasteiger partial charge in [0.15, 0.2) is 11.6 Å². The van der Waals surface area contributed by atoms with Crippen molar-refractivity contribution < 1.29 is 27.2 Å². The fourth-order valence-electron chi connectivity index (χ4n) is 3.20. The first-order chi connectivity index (χ1) is 13.7. The number of hydrogen-bond donors (Lipinski definition) is 2. The molecule has 1 aliphatic rings. The van der Waals surface area contributed by atoms with Gasteiger partial charge in [0.1, 0.15) is 11.6 Å². The van der Waals surface area contributed by atoms with E-state index in [1.165, 1.54) is 17.9 Å². The van der Waals surface area contributed by atoms with Gasteiger partial charge >= 0.3 is 6.03 Å². The van der Waals surface area contributed by atoms with Crippen LogP contribution in [0.3, 0.4) is 0 Å². The maximum atomic E-state index is 14.4. The lowest BCUT2D eigenvalue weighted by Crippen LogP contribution is -2.48. The van der Waals surface area contributed by atoms with Crippen molar-refractivity contribution in [2.75, 3.05) is 11.9 Å². The molecule has 0 spiro atoms. The Morgan fingerprint density at radius 2 is 1.79 bits per heavy atom. The summed E-state index contributed by atoms with van der Waals surface area (Å²) in [5.41, 5.74) is 0.115. The lowest BCUT2D eigenvalue weighted by molar-refractivity contribution is -0.113. The minimum Gasteiger partial charge on any atom is -0.326 e. The average Bonchev–Trinajstić information content (AvgIpc) is 2.64. The number of urea groups is 1. The van der Waals surface area contributed by atoms with Crippen molar-refractivity contribution in [3.8, 4) is 0 Å². The van der Waals surface area contributed by atoms with E-state index in [0.717, 1.165) is 24.3 Å². The highest BCUT2D eigenvalue weighted by Gasteiger charge is 2.36. The Balaban J connectivity index is 2.05. The van der Waals surface area contributed by atoms with Gasteiger partial charge in [-0.3, -0.25) is 9.69 Å². The van der Waals surface area contributed by atoms with E-state index in [1.54, 1.807) is 6.92 Å². The molecule has 0 fully saturated rings. The number of benzene rings is 2. The van der Waals surface area contributed by atoms with E-state index < -0.39 is 41.2 Å². The van der Waals surface area contributed by atoms with Gasteiger partial charge in [0.25, 0.3) is 5.91 Å². The molecule has 2 N–H and O–H groups in total. The molecule has 2 aromatic carbocycles. The predicted molar refractivity (Wildman–Crippen MR) is 97.7 cm³/mol. The Morgan fingerprint density at radius 1 is 1.07 bits per heavy atom. The lowest BCUT2D eigenvalue weighted by Gasteiger charge is -2.35. The highest BCUT2D eigenvalue weighted by atomic mass is 19.2. The first-order valence-corrected chi connectivity index (χ1v) is 8.73. The number of halogens is 4. The molecule has 0 aliphatic carbocycles. The number of carbonyl (C=O) groups excluding carboxylic acids is 2. The third kappa shape index (κ3) is 3.94. The van der Waals surface area contributed by atoms with Gasteiger partial charge in [0.05, 0.1) is 11.6 Å². The first kappa shape index (κ1) is 20.4. The molecule has 2 aromatic rings. The smallest absolute Gasteiger partial charge is 0.322 e. The third-order valence-electron chi connectivity index (χ3n) is 4.61. The Hall–Kier alpha value is -3.36. The van der Waals surface area contributed by atoms with Crippen LogP contribution in [0.5, 0.6) is 0 Å². The molecular weight excluding hydrogens is 390 g/mol. The minimum atomic E-state index is -1.20. The van der Waals surface area contributed by atoms with E-state index in [2.05, 4.69) is 10.6 Å². The van der Waals surface area contributed by atoms with Crippen molar-refractivity contribution >= 4 is 17.6 Å². The van der Waals surface area contributed by atoms with Crippen LogP contribution in [0.2, 0.25) is 0 Å². The summed E-state index contributed by atoms with van der Waals surface area (Å²) in [7, 11) is 0. The van der Waals surface area contributed by atoms with Gasteiger partial charge in [-0.1, -0.05) is 6.07 Å². The van der Waals surface area contributed by atoms with Crippen molar-refractivity contribution in [2.24, 2.45) is 0 Å². The molecule has 0 aromatic heterocycles. The van der Waals surface area contributed by atoms with E-state index in [1.807, 2.05) is 0 Å². The molecule has 1 atom stereocenters. The van der Waals surface area contributed by atoms with E-state index in [9.17, 15) is 27.2 Å². The summed E-state index contributed by atoms with van der Waals surface area (Å²) in [5.74, 6) is -4.72. The van der Waals surface area contributed by atoms with Gasteiger partial charge in [-0.2, -0.15) is 0 Å². The maximum Gasteiger partial charge on any atom is 0.322 e. The second kappa shape index (κ2) is 7.94. The molecule has 3 amide bonds. The molecule has 1 heterocycles. The van der Waals surface area contributed by atoms with Crippen LogP contribution < -0.4 is 10.6 Å². The number of nitrogens with one attached hydrogen (secondary N) is 2. The van der Waals surface area contributed by atoms with Gasteiger partial charge in [0.2, 0.25) is 0 Å². The van der Waals surface area contributed by atoms with E-state index >= 15 is 0 Å². The second-order valence-corrected chi connectivity index (χ2v) is 6.37. The molecule has 152 valence electrons. The SMILES string of the molecule is CCN1C(=O)N[C@H](c2ccc(F)cc2F)C(C(=O)Nc2ccc(F)c(F)c2)=C1C. The number of nitrogens with zero attached hydrogens (tertiary/aromatic N) is 1. The van der Waals surface area contributed by atoms with Crippen molar-refractivity contribution in [1.29, 1.82) is 0 Å². The van der Waals surface area contributed by atoms with Crippen molar-refractivity contribution in [3.05, 3.63) is 76.5 Å². The summed E-state index contributed by atoms with van der Waals surface area (Å²) in [6.45, 7) is 3.43. The normalized spacial score (nSPS) is 16.7. The van der Waals surface area contributed by atoms with Gasteiger partial charge in [-0.05, 0) is 32.0 Å². The molecule has 0 saturated carbocycles. The van der Waals surface area contributed by atoms with Crippen LogP contribution in [0.15, 0.2) is 47.7 Å². The van der Waals surface area contributed by atoms with Gasteiger partial charge in [0, 0.05) is 35.6 Å². The summed E-state index contributed by atoms with van der Waals surface area (Å²) in [4.78, 5) is 26.6. The minimum absolute atomic E-state index is 0.0123. The summed E-state index contributed by atoms with van der Waals surface area (Å²) in [6.07, 6.45) is 0. The van der Waals surface area contributed by atoms with Gasteiger partial charge in [-0.25, -0.2) is 22.4 Å². The molecule has 0 bridgehead atoms. The first-order valence-electron chi connectivity index (χ1n) is 8.73. The molecule has 5 nitrogen and oxygen atoms in total. The predicted octanol–water partition coefficient (Wildman–Crippen LogP) is 4.24. The van der Waals surface area contributed by atoms with Crippen LogP contribution in [0, 0.1) is 23.3 Å². The fraction of sp³-hybridized carbons (Fsp3) is 0.200. The number of carbonyl (C=O) groups is 2. The third-order valence-corrected chi connectivity index (χ3v) is 4.61. The van der Waals surface area contributed by atoms with Gasteiger partial charge in [-0.15, -0.1) is 0 Å². The van der Waals surface area contributed by atoms with Crippen LogP contribution in [0.25, 0.3) is 0 Å². The van der Waals surface area contributed by atoms with Crippen LogP contribution in [0.1, 0.15) is 25.5 Å². The summed E-state index contributed by atoms with van der Waals surface area (Å²) >= 11 is 0. The number of rotatable bonds is 4. The molecule has 3 rings (SSSR count). The summed E-state index contributed by atoms with van der Waals surface area (Å²) < 4.78 is 54.3. The standard InChI is InChI=1S/C20H17F4N3O2/c1-3-27-10(2)17(19(28)25-12-5-7-14(22)16(24)9-12)18(26-20(27)29)13-6-4-11(21)8-15(13)23/h4-9,18H,3H2,1-2H3,(H,25,28)(H,26,29)/t18-/m1/s1. The quantitative estimate of drug-likeness (QED) is 0.745. The Labute approximate surface area is 164 Å². The number of amides is 3. The zero-order valence-corrected chi connectivity index (χ0v) is 15.5. The number of anilines is 1. The van der Waals surface area contributed by atoms with Crippen molar-refractivity contribution in [3.63, 3.8) is 0 Å². The Kier molecular flexibility index (Phi) is 5.58. The molecule has 0 radical (unpaired) electrons. The largest absolute Gasteiger partial charge is 0.326 e. The maximum absolute atomic E-state index is 14.4. The molecule has 0 unspecified atom stereocenters. The van der Waals surface area contributed by atoms with Crippen LogP contribution in [-0.4, -0.2) is 23.4 Å².